The second kappa shape index (κ2) is 8.48. The Kier molecular flexibility index (Phi) is 4.61. The van der Waals surface area contributed by atoms with E-state index in [0.29, 0.717) is 0 Å². The summed E-state index contributed by atoms with van der Waals surface area (Å²) in [4.78, 5) is 0. The minimum absolute atomic E-state index is 0.890. The van der Waals surface area contributed by atoms with Crippen molar-refractivity contribution in [3.8, 4) is 27.9 Å². The fraction of sp³-hybridized carbons (Fsp3) is 0. The van der Waals surface area contributed by atoms with Crippen molar-refractivity contribution in [1.29, 1.82) is 0 Å². The molecule has 6 aromatic carbocycles. The van der Waals surface area contributed by atoms with Crippen LogP contribution >= 0.6 is 0 Å². The Bertz CT molecular complexity index is 2400. The van der Waals surface area contributed by atoms with Crippen LogP contribution in [-0.2, 0) is 0 Å². The molecule has 0 amide bonds. The molecule has 0 N–H and O–H groups in total. The lowest BCUT2D eigenvalue weighted by molar-refractivity contribution is 0.669. The zero-order chi connectivity index (χ0) is 26.9. The van der Waals surface area contributed by atoms with Gasteiger partial charge in [0.2, 0.25) is 0 Å². The van der Waals surface area contributed by atoms with Gasteiger partial charge in [0, 0.05) is 21.8 Å². The minimum atomic E-state index is 0.890. The van der Waals surface area contributed by atoms with Gasteiger partial charge in [-0.1, -0.05) is 97.1 Å². The highest BCUT2D eigenvalue weighted by molar-refractivity contribution is 6.20. The van der Waals surface area contributed by atoms with Gasteiger partial charge in [-0.05, 0) is 64.7 Å². The maximum absolute atomic E-state index is 6.57. The van der Waals surface area contributed by atoms with E-state index in [0.717, 1.165) is 77.3 Å². The molecule has 41 heavy (non-hydrogen) atoms. The van der Waals surface area contributed by atoms with Crippen molar-refractivity contribution in [2.75, 3.05) is 0 Å². The molecule has 3 nitrogen and oxygen atoms in total. The van der Waals surface area contributed by atoms with E-state index in [4.69, 9.17) is 8.83 Å². The predicted octanol–water partition coefficient (Wildman–Crippen LogP) is 10.8. The van der Waals surface area contributed by atoms with Gasteiger partial charge in [-0.3, -0.25) is 0 Å². The number of furan rings is 2. The van der Waals surface area contributed by atoms with Gasteiger partial charge in [0.05, 0.1) is 10.9 Å². The number of benzene rings is 6. The summed E-state index contributed by atoms with van der Waals surface area (Å²) in [5.41, 5.74) is 11.6. The van der Waals surface area contributed by atoms with Crippen molar-refractivity contribution in [3.63, 3.8) is 0 Å². The van der Waals surface area contributed by atoms with Gasteiger partial charge in [0.15, 0.2) is 5.58 Å². The monoisotopic (exact) mass is 525 g/mol. The highest BCUT2D eigenvalue weighted by Gasteiger charge is 2.21. The van der Waals surface area contributed by atoms with E-state index < -0.39 is 0 Å². The topological polar surface area (TPSA) is 31.2 Å². The summed E-state index contributed by atoms with van der Waals surface area (Å²) >= 11 is 0. The Labute approximate surface area is 235 Å². The molecule has 0 radical (unpaired) electrons. The first-order valence-corrected chi connectivity index (χ1v) is 13.9. The Morgan fingerprint density at radius 3 is 1.76 bits per heavy atom. The standard InChI is InChI=1S/C38H23NO2/c1-2-10-26(11-3-1)39-31-16-6-4-12-29(31)38-37(39)36-28(15-9-19-34(36)41-38)25-22-20-24(21-23-25)27-14-8-18-33-35(27)30-13-5-7-17-32(30)40-33/h1-23H. The maximum Gasteiger partial charge on any atom is 0.161 e. The van der Waals surface area contributed by atoms with Gasteiger partial charge < -0.3 is 13.4 Å². The van der Waals surface area contributed by atoms with E-state index in [2.05, 4.69) is 126 Å². The highest BCUT2D eigenvalue weighted by Crippen LogP contribution is 2.43. The first kappa shape index (κ1) is 22.3. The first-order valence-electron chi connectivity index (χ1n) is 13.9. The largest absolute Gasteiger partial charge is 0.456 e. The van der Waals surface area contributed by atoms with Crippen LogP contribution in [0.25, 0.3) is 82.9 Å². The molecule has 0 atom stereocenters. The van der Waals surface area contributed by atoms with E-state index in [9.17, 15) is 0 Å². The van der Waals surface area contributed by atoms with Crippen molar-refractivity contribution >= 4 is 54.9 Å². The molecule has 0 saturated carbocycles. The van der Waals surface area contributed by atoms with Crippen molar-refractivity contribution in [2.24, 2.45) is 0 Å². The molecular weight excluding hydrogens is 502 g/mol. The molecule has 0 unspecified atom stereocenters. The average molecular weight is 526 g/mol. The number of aromatic nitrogens is 1. The second-order valence-electron chi connectivity index (χ2n) is 10.5. The zero-order valence-corrected chi connectivity index (χ0v) is 22.0. The molecule has 3 aromatic heterocycles. The zero-order valence-electron chi connectivity index (χ0n) is 22.0. The highest BCUT2D eigenvalue weighted by atomic mass is 16.3. The smallest absolute Gasteiger partial charge is 0.161 e. The molecule has 9 rings (SSSR count). The third-order valence-electron chi connectivity index (χ3n) is 8.23. The minimum Gasteiger partial charge on any atom is -0.456 e. The first-order chi connectivity index (χ1) is 20.3. The van der Waals surface area contributed by atoms with Gasteiger partial charge in [-0.15, -0.1) is 0 Å². The quantitative estimate of drug-likeness (QED) is 0.230. The van der Waals surface area contributed by atoms with Gasteiger partial charge in [0.1, 0.15) is 22.3 Å². The Balaban J connectivity index is 1.27. The van der Waals surface area contributed by atoms with Crippen molar-refractivity contribution in [3.05, 3.63) is 140 Å². The molecule has 192 valence electrons. The van der Waals surface area contributed by atoms with Crippen LogP contribution in [0.3, 0.4) is 0 Å². The third-order valence-corrected chi connectivity index (χ3v) is 8.23. The Morgan fingerprint density at radius 1 is 0.415 bits per heavy atom. The number of hydrogen-bond donors (Lipinski definition) is 0. The number of hydrogen-bond acceptors (Lipinski definition) is 2. The SMILES string of the molecule is c1ccc(-n2c3ccccc3c3oc4cccc(-c5ccc(-c6cccc7oc8ccccc8c67)cc5)c4c32)cc1. The third kappa shape index (κ3) is 3.20. The lowest BCUT2D eigenvalue weighted by Crippen LogP contribution is -1.93. The summed E-state index contributed by atoms with van der Waals surface area (Å²) in [6.07, 6.45) is 0. The predicted molar refractivity (Wildman–Crippen MR) is 169 cm³/mol. The second-order valence-corrected chi connectivity index (χ2v) is 10.5. The molecule has 0 bridgehead atoms. The van der Waals surface area contributed by atoms with Gasteiger partial charge in [-0.2, -0.15) is 0 Å². The Hall–Kier alpha value is -5.54. The van der Waals surface area contributed by atoms with Gasteiger partial charge in [-0.25, -0.2) is 0 Å². The average Bonchev–Trinajstić information content (AvgIpc) is 3.70. The summed E-state index contributed by atoms with van der Waals surface area (Å²) in [5.74, 6) is 0. The molecule has 0 saturated heterocycles. The summed E-state index contributed by atoms with van der Waals surface area (Å²) < 4.78 is 15.1. The van der Waals surface area contributed by atoms with Crippen LogP contribution in [0.15, 0.2) is 148 Å². The molecule has 3 heteroatoms. The van der Waals surface area contributed by atoms with Gasteiger partial charge >= 0.3 is 0 Å². The molecule has 3 heterocycles. The van der Waals surface area contributed by atoms with Crippen LogP contribution in [-0.4, -0.2) is 4.57 Å². The number of rotatable bonds is 3. The number of nitrogens with zero attached hydrogens (tertiary/aromatic N) is 1. The fourth-order valence-electron chi connectivity index (χ4n) is 6.44. The van der Waals surface area contributed by atoms with E-state index in [1.165, 1.54) is 5.56 Å². The molecule has 9 aromatic rings. The summed E-state index contributed by atoms with van der Waals surface area (Å²) in [6, 6.07) is 48.8. The van der Waals surface area contributed by atoms with Crippen LogP contribution in [0.4, 0.5) is 0 Å². The maximum atomic E-state index is 6.57. The van der Waals surface area contributed by atoms with Crippen LogP contribution in [0.1, 0.15) is 0 Å². The number of para-hydroxylation sites is 3. The molecule has 0 aliphatic rings. The van der Waals surface area contributed by atoms with E-state index in [1.807, 2.05) is 18.2 Å². The van der Waals surface area contributed by atoms with Crippen LogP contribution in [0, 0.1) is 0 Å². The Morgan fingerprint density at radius 2 is 1.00 bits per heavy atom. The molecular formula is C38H23NO2. The van der Waals surface area contributed by atoms with E-state index >= 15 is 0 Å². The summed E-state index contributed by atoms with van der Waals surface area (Å²) in [5, 5.41) is 4.53. The lowest BCUT2D eigenvalue weighted by atomic mass is 9.95. The molecule has 0 spiro atoms. The normalized spacial score (nSPS) is 11.9. The van der Waals surface area contributed by atoms with Crippen LogP contribution in [0.5, 0.6) is 0 Å². The molecule has 0 aliphatic heterocycles. The summed E-state index contributed by atoms with van der Waals surface area (Å²) in [6.45, 7) is 0. The van der Waals surface area contributed by atoms with Crippen LogP contribution < -0.4 is 0 Å². The van der Waals surface area contributed by atoms with Crippen molar-refractivity contribution in [2.45, 2.75) is 0 Å². The van der Waals surface area contributed by atoms with Crippen molar-refractivity contribution < 1.29 is 8.83 Å². The molecule has 0 aliphatic carbocycles. The lowest BCUT2D eigenvalue weighted by Gasteiger charge is -2.10. The van der Waals surface area contributed by atoms with E-state index in [-0.39, 0.29) is 0 Å². The van der Waals surface area contributed by atoms with Crippen molar-refractivity contribution in [1.82, 2.24) is 4.57 Å². The van der Waals surface area contributed by atoms with Gasteiger partial charge in [0.25, 0.3) is 0 Å². The number of fused-ring (bicyclic) bond motifs is 8. The fourth-order valence-corrected chi connectivity index (χ4v) is 6.44. The molecule has 0 fully saturated rings. The summed E-state index contributed by atoms with van der Waals surface area (Å²) in [7, 11) is 0. The van der Waals surface area contributed by atoms with E-state index in [1.54, 1.807) is 0 Å². The van der Waals surface area contributed by atoms with Crippen LogP contribution in [0.2, 0.25) is 0 Å².